The van der Waals surface area contributed by atoms with Crippen molar-refractivity contribution in [3.05, 3.63) is 12.7 Å². The molecule has 1 atom stereocenters. The van der Waals surface area contributed by atoms with Gasteiger partial charge in [-0.1, -0.05) is 6.08 Å². The zero-order valence-electron chi connectivity index (χ0n) is 9.77. The van der Waals surface area contributed by atoms with Gasteiger partial charge in [0.05, 0.1) is 13.0 Å². The highest BCUT2D eigenvalue weighted by molar-refractivity contribution is 5.85. The Morgan fingerprint density at radius 2 is 2.06 bits per heavy atom. The molecule has 1 amide bonds. The molecular formula is C11H17NO5. The van der Waals surface area contributed by atoms with E-state index in [0.717, 1.165) is 0 Å². The summed E-state index contributed by atoms with van der Waals surface area (Å²) in [7, 11) is 0. The molecule has 0 bridgehead atoms. The third kappa shape index (κ3) is 7.10. The highest BCUT2D eigenvalue weighted by atomic mass is 16.5. The largest absolute Gasteiger partial charge is 0.480 e. The molecule has 0 aromatic carbocycles. The summed E-state index contributed by atoms with van der Waals surface area (Å²) in [5.74, 6) is -2.10. The van der Waals surface area contributed by atoms with Gasteiger partial charge in [0.1, 0.15) is 6.04 Å². The summed E-state index contributed by atoms with van der Waals surface area (Å²) >= 11 is 0. The van der Waals surface area contributed by atoms with Gasteiger partial charge < -0.3 is 15.2 Å². The quantitative estimate of drug-likeness (QED) is 0.477. The van der Waals surface area contributed by atoms with Crippen LogP contribution in [0.15, 0.2) is 12.7 Å². The summed E-state index contributed by atoms with van der Waals surface area (Å²) in [4.78, 5) is 33.0. The topological polar surface area (TPSA) is 92.7 Å². The third-order valence-corrected chi connectivity index (χ3v) is 1.90. The van der Waals surface area contributed by atoms with Crippen molar-refractivity contribution < 1.29 is 24.2 Å². The molecule has 0 fully saturated rings. The van der Waals surface area contributed by atoms with Crippen LogP contribution in [0.25, 0.3) is 0 Å². The molecule has 0 rings (SSSR count). The van der Waals surface area contributed by atoms with E-state index in [4.69, 9.17) is 5.11 Å². The van der Waals surface area contributed by atoms with Crippen molar-refractivity contribution in [3.63, 3.8) is 0 Å². The van der Waals surface area contributed by atoms with Gasteiger partial charge >= 0.3 is 11.9 Å². The minimum absolute atomic E-state index is 0.0555. The molecule has 6 heteroatoms. The zero-order chi connectivity index (χ0) is 13.3. The molecule has 6 nitrogen and oxygen atoms in total. The lowest BCUT2D eigenvalue weighted by Gasteiger charge is -2.12. The van der Waals surface area contributed by atoms with E-state index in [0.29, 0.717) is 0 Å². The molecule has 0 aromatic rings. The van der Waals surface area contributed by atoms with Crippen molar-refractivity contribution in [1.29, 1.82) is 0 Å². The minimum Gasteiger partial charge on any atom is -0.480 e. The zero-order valence-corrected chi connectivity index (χ0v) is 9.77. The first kappa shape index (κ1) is 15.2. The van der Waals surface area contributed by atoms with Gasteiger partial charge in [0.25, 0.3) is 0 Å². The molecule has 0 aromatic heterocycles. The Kier molecular flexibility index (Phi) is 7.41. The molecule has 0 heterocycles. The average molecular weight is 243 g/mol. The molecule has 0 aliphatic carbocycles. The van der Waals surface area contributed by atoms with Crippen molar-refractivity contribution in [1.82, 2.24) is 5.32 Å². The first-order valence-corrected chi connectivity index (χ1v) is 5.30. The normalized spacial score (nSPS) is 11.4. The lowest BCUT2D eigenvalue weighted by molar-refractivity contribution is -0.144. The Morgan fingerprint density at radius 1 is 1.41 bits per heavy atom. The van der Waals surface area contributed by atoms with Crippen LogP contribution in [0, 0.1) is 0 Å². The molecular weight excluding hydrogens is 226 g/mol. The van der Waals surface area contributed by atoms with E-state index in [-0.39, 0.29) is 25.9 Å². The Hall–Kier alpha value is -1.85. The molecule has 96 valence electrons. The fourth-order valence-corrected chi connectivity index (χ4v) is 1.10. The number of hydrogen-bond acceptors (Lipinski definition) is 4. The van der Waals surface area contributed by atoms with Crippen LogP contribution >= 0.6 is 0 Å². The van der Waals surface area contributed by atoms with Crippen molar-refractivity contribution in [3.8, 4) is 0 Å². The number of carbonyl (C=O) groups is 3. The van der Waals surface area contributed by atoms with Crippen LogP contribution in [0.4, 0.5) is 0 Å². The maximum absolute atomic E-state index is 11.3. The molecule has 0 saturated heterocycles. The maximum atomic E-state index is 11.3. The van der Waals surface area contributed by atoms with Crippen molar-refractivity contribution in [2.24, 2.45) is 0 Å². The second kappa shape index (κ2) is 8.32. The summed E-state index contributed by atoms with van der Waals surface area (Å²) in [6.07, 6.45) is 1.41. The lowest BCUT2D eigenvalue weighted by atomic mass is 10.2. The summed E-state index contributed by atoms with van der Waals surface area (Å²) in [6.45, 7) is 5.33. The van der Waals surface area contributed by atoms with Crippen LogP contribution < -0.4 is 5.32 Å². The van der Waals surface area contributed by atoms with Gasteiger partial charge in [-0.3, -0.25) is 9.59 Å². The number of carboxylic acid groups (broad SMARTS) is 1. The van der Waals surface area contributed by atoms with E-state index < -0.39 is 23.9 Å². The smallest absolute Gasteiger partial charge is 0.326 e. The predicted octanol–water partition coefficient (Wildman–Crippen LogP) is 0.475. The number of aliphatic carboxylic acids is 1. The number of carbonyl (C=O) groups excluding carboxylic acids is 2. The molecule has 0 unspecified atom stereocenters. The summed E-state index contributed by atoms with van der Waals surface area (Å²) in [5, 5.41) is 11.1. The monoisotopic (exact) mass is 243 g/mol. The van der Waals surface area contributed by atoms with E-state index in [9.17, 15) is 14.4 Å². The number of esters is 1. The number of carboxylic acids is 1. The standard InChI is InChI=1S/C11H17NO5/c1-3-5-8(11(15)16)12-9(13)6-7-10(14)17-4-2/h3,8H,1,4-7H2,2H3,(H,12,13)(H,15,16)/t8-/m1/s1. The van der Waals surface area contributed by atoms with E-state index in [1.165, 1.54) is 6.08 Å². The number of ether oxygens (including phenoxy) is 1. The molecule has 2 N–H and O–H groups in total. The van der Waals surface area contributed by atoms with Gasteiger partial charge in [0.15, 0.2) is 0 Å². The van der Waals surface area contributed by atoms with Gasteiger partial charge in [-0.2, -0.15) is 0 Å². The molecule has 0 aliphatic heterocycles. The van der Waals surface area contributed by atoms with E-state index in [1.807, 2.05) is 0 Å². The predicted molar refractivity (Wildman–Crippen MR) is 60.2 cm³/mol. The van der Waals surface area contributed by atoms with Crippen LogP contribution in [0.3, 0.4) is 0 Å². The third-order valence-electron chi connectivity index (χ3n) is 1.90. The Bertz CT molecular complexity index is 300. The van der Waals surface area contributed by atoms with E-state index >= 15 is 0 Å². The number of hydrogen-bond donors (Lipinski definition) is 2. The Labute approximate surface area is 99.6 Å². The Balaban J connectivity index is 4.02. The Morgan fingerprint density at radius 3 is 2.53 bits per heavy atom. The fourth-order valence-electron chi connectivity index (χ4n) is 1.10. The maximum Gasteiger partial charge on any atom is 0.326 e. The van der Waals surface area contributed by atoms with Crippen molar-refractivity contribution in [2.45, 2.75) is 32.2 Å². The van der Waals surface area contributed by atoms with Crippen LogP contribution in [0.5, 0.6) is 0 Å². The van der Waals surface area contributed by atoms with Crippen LogP contribution in [-0.2, 0) is 19.1 Å². The summed E-state index contributed by atoms with van der Waals surface area (Å²) < 4.78 is 4.64. The second-order valence-corrected chi connectivity index (χ2v) is 3.29. The molecule has 0 aliphatic rings. The number of nitrogens with one attached hydrogen (secondary N) is 1. The summed E-state index contributed by atoms with van der Waals surface area (Å²) in [6, 6.07) is -0.998. The van der Waals surface area contributed by atoms with Crippen LogP contribution in [0.1, 0.15) is 26.2 Å². The van der Waals surface area contributed by atoms with Crippen molar-refractivity contribution >= 4 is 17.8 Å². The SMILES string of the molecule is C=CC[C@@H](NC(=O)CCC(=O)OCC)C(=O)O. The highest BCUT2D eigenvalue weighted by Crippen LogP contribution is 1.97. The lowest BCUT2D eigenvalue weighted by Crippen LogP contribution is -2.40. The van der Waals surface area contributed by atoms with Gasteiger partial charge in [0.2, 0.25) is 5.91 Å². The first-order valence-electron chi connectivity index (χ1n) is 5.30. The average Bonchev–Trinajstić information content (AvgIpc) is 2.26. The van der Waals surface area contributed by atoms with E-state index in [2.05, 4.69) is 16.6 Å². The fraction of sp³-hybridized carbons (Fsp3) is 0.545. The molecule has 0 spiro atoms. The number of amides is 1. The first-order chi connectivity index (χ1) is 8.01. The van der Waals surface area contributed by atoms with Gasteiger partial charge in [-0.15, -0.1) is 6.58 Å². The van der Waals surface area contributed by atoms with Gasteiger partial charge in [-0.05, 0) is 13.3 Å². The van der Waals surface area contributed by atoms with Crippen LogP contribution in [0.2, 0.25) is 0 Å². The molecule has 0 radical (unpaired) electrons. The number of rotatable bonds is 8. The molecule has 0 saturated carbocycles. The highest BCUT2D eigenvalue weighted by Gasteiger charge is 2.18. The van der Waals surface area contributed by atoms with Crippen LogP contribution in [-0.4, -0.2) is 35.6 Å². The minimum atomic E-state index is -1.13. The van der Waals surface area contributed by atoms with Gasteiger partial charge in [-0.25, -0.2) is 4.79 Å². The van der Waals surface area contributed by atoms with Crippen molar-refractivity contribution in [2.75, 3.05) is 6.61 Å². The van der Waals surface area contributed by atoms with Gasteiger partial charge in [0, 0.05) is 6.42 Å². The van der Waals surface area contributed by atoms with E-state index in [1.54, 1.807) is 6.92 Å². The second-order valence-electron chi connectivity index (χ2n) is 3.29. The summed E-state index contributed by atoms with van der Waals surface area (Å²) in [5.41, 5.74) is 0. The molecule has 17 heavy (non-hydrogen) atoms.